The summed E-state index contributed by atoms with van der Waals surface area (Å²) in [5.74, 6) is 0. The number of nitrogens with zero attached hydrogens (tertiary/aromatic N) is 1. The van der Waals surface area contributed by atoms with Crippen molar-refractivity contribution in [3.63, 3.8) is 0 Å². The normalized spacial score (nSPS) is 13.4. The summed E-state index contributed by atoms with van der Waals surface area (Å²) in [7, 11) is 0. The van der Waals surface area contributed by atoms with Crippen molar-refractivity contribution in [2.24, 2.45) is 0 Å². The molecule has 0 aromatic heterocycles. The van der Waals surface area contributed by atoms with Crippen LogP contribution < -0.4 is 5.32 Å². The second-order valence-electron chi connectivity index (χ2n) is 4.31. The van der Waals surface area contributed by atoms with Crippen LogP contribution in [-0.2, 0) is 0 Å². The molecule has 2 nitrogen and oxygen atoms in total. The molecule has 0 saturated carbocycles. The molecule has 15 heavy (non-hydrogen) atoms. The van der Waals surface area contributed by atoms with E-state index in [4.69, 9.17) is 0 Å². The smallest absolute Gasteiger partial charge is 0.0192 e. The first-order valence-electron chi connectivity index (χ1n) is 6.74. The molecule has 0 saturated heterocycles. The second-order valence-corrected chi connectivity index (χ2v) is 4.31. The molecule has 0 aliphatic heterocycles. The molecular formula is C13H30N2. The minimum atomic E-state index is 0.682. The lowest BCUT2D eigenvalue weighted by atomic mass is 10.2. The Kier molecular flexibility index (Phi) is 10.4. The van der Waals surface area contributed by atoms with E-state index in [1.807, 2.05) is 0 Å². The fourth-order valence-corrected chi connectivity index (χ4v) is 1.76. The first kappa shape index (κ1) is 14.9. The lowest BCUT2D eigenvalue weighted by Crippen LogP contribution is -2.41. The van der Waals surface area contributed by atoms with E-state index in [0.29, 0.717) is 6.04 Å². The van der Waals surface area contributed by atoms with Crippen molar-refractivity contribution in [2.75, 3.05) is 26.2 Å². The first-order chi connectivity index (χ1) is 7.28. The standard InChI is InChI=1S/C13H30N2/c1-5-9-11-15(8-4)12-13(7-3)14-10-6-2/h13-14H,5-12H2,1-4H3. The Hall–Kier alpha value is -0.0800. The lowest BCUT2D eigenvalue weighted by Gasteiger charge is -2.26. The van der Waals surface area contributed by atoms with Gasteiger partial charge in [0.2, 0.25) is 0 Å². The lowest BCUT2D eigenvalue weighted by molar-refractivity contribution is 0.246. The molecule has 0 bridgehead atoms. The summed E-state index contributed by atoms with van der Waals surface area (Å²) in [4.78, 5) is 2.57. The molecule has 0 radical (unpaired) electrons. The topological polar surface area (TPSA) is 15.3 Å². The summed E-state index contributed by atoms with van der Waals surface area (Å²) in [6, 6.07) is 0.682. The van der Waals surface area contributed by atoms with Gasteiger partial charge < -0.3 is 10.2 Å². The maximum absolute atomic E-state index is 3.62. The van der Waals surface area contributed by atoms with Crippen LogP contribution in [0.3, 0.4) is 0 Å². The van der Waals surface area contributed by atoms with Crippen LogP contribution >= 0.6 is 0 Å². The van der Waals surface area contributed by atoms with Gasteiger partial charge in [-0.3, -0.25) is 0 Å². The molecule has 0 spiro atoms. The minimum Gasteiger partial charge on any atom is -0.313 e. The van der Waals surface area contributed by atoms with Crippen LogP contribution in [0, 0.1) is 0 Å². The second kappa shape index (κ2) is 10.4. The third-order valence-electron chi connectivity index (χ3n) is 2.93. The quantitative estimate of drug-likeness (QED) is 0.601. The molecule has 1 N–H and O–H groups in total. The predicted octanol–water partition coefficient (Wildman–Crippen LogP) is 2.89. The number of rotatable bonds is 10. The first-order valence-corrected chi connectivity index (χ1v) is 6.74. The zero-order valence-electron chi connectivity index (χ0n) is 11.2. The van der Waals surface area contributed by atoms with Gasteiger partial charge in [-0.05, 0) is 38.9 Å². The number of nitrogens with one attached hydrogen (secondary N) is 1. The van der Waals surface area contributed by atoms with E-state index < -0.39 is 0 Å². The molecule has 0 aliphatic rings. The number of likely N-dealkylation sites (N-methyl/N-ethyl adjacent to an activating group) is 1. The van der Waals surface area contributed by atoms with E-state index >= 15 is 0 Å². The summed E-state index contributed by atoms with van der Waals surface area (Å²) in [6.45, 7) is 13.9. The van der Waals surface area contributed by atoms with Crippen LogP contribution in [0.15, 0.2) is 0 Å². The third-order valence-corrected chi connectivity index (χ3v) is 2.93. The summed E-state index contributed by atoms with van der Waals surface area (Å²) in [5, 5.41) is 3.62. The third kappa shape index (κ3) is 7.80. The number of unbranched alkanes of at least 4 members (excludes halogenated alkanes) is 1. The zero-order chi connectivity index (χ0) is 11.5. The van der Waals surface area contributed by atoms with E-state index in [-0.39, 0.29) is 0 Å². The van der Waals surface area contributed by atoms with Crippen LogP contribution in [0.4, 0.5) is 0 Å². The fourth-order valence-electron chi connectivity index (χ4n) is 1.76. The highest BCUT2D eigenvalue weighted by atomic mass is 15.1. The van der Waals surface area contributed by atoms with Crippen LogP contribution in [0.25, 0.3) is 0 Å². The van der Waals surface area contributed by atoms with Crippen LogP contribution in [-0.4, -0.2) is 37.1 Å². The molecule has 0 aromatic rings. The van der Waals surface area contributed by atoms with E-state index in [0.717, 1.165) is 6.54 Å². The van der Waals surface area contributed by atoms with Crippen LogP contribution in [0.5, 0.6) is 0 Å². The molecule has 0 heterocycles. The highest BCUT2D eigenvalue weighted by Crippen LogP contribution is 2.00. The predicted molar refractivity (Wildman–Crippen MR) is 69.4 cm³/mol. The monoisotopic (exact) mass is 214 g/mol. The largest absolute Gasteiger partial charge is 0.313 e. The van der Waals surface area contributed by atoms with Crippen molar-refractivity contribution < 1.29 is 0 Å². The van der Waals surface area contributed by atoms with E-state index in [9.17, 15) is 0 Å². The van der Waals surface area contributed by atoms with E-state index in [1.165, 1.54) is 45.3 Å². The molecule has 0 aromatic carbocycles. The van der Waals surface area contributed by atoms with Crippen molar-refractivity contribution >= 4 is 0 Å². The summed E-state index contributed by atoms with van der Waals surface area (Å²) >= 11 is 0. The van der Waals surface area contributed by atoms with Gasteiger partial charge in [0.25, 0.3) is 0 Å². The molecule has 0 rings (SSSR count). The molecule has 2 heteroatoms. The van der Waals surface area contributed by atoms with Crippen molar-refractivity contribution in [1.29, 1.82) is 0 Å². The molecule has 1 atom stereocenters. The Balaban J connectivity index is 3.77. The van der Waals surface area contributed by atoms with Crippen molar-refractivity contribution in [3.8, 4) is 0 Å². The molecule has 0 aliphatic carbocycles. The van der Waals surface area contributed by atoms with Gasteiger partial charge in [0, 0.05) is 12.6 Å². The van der Waals surface area contributed by atoms with Gasteiger partial charge in [-0.2, -0.15) is 0 Å². The average Bonchev–Trinajstić information content (AvgIpc) is 2.28. The van der Waals surface area contributed by atoms with Crippen LogP contribution in [0.2, 0.25) is 0 Å². The summed E-state index contributed by atoms with van der Waals surface area (Å²) < 4.78 is 0. The van der Waals surface area contributed by atoms with Gasteiger partial charge in [0.05, 0.1) is 0 Å². The number of hydrogen-bond donors (Lipinski definition) is 1. The highest BCUT2D eigenvalue weighted by molar-refractivity contribution is 4.70. The van der Waals surface area contributed by atoms with Crippen LogP contribution in [0.1, 0.15) is 53.4 Å². The average molecular weight is 214 g/mol. The molecule has 92 valence electrons. The Labute approximate surface area is 96.4 Å². The molecule has 1 unspecified atom stereocenters. The molecular weight excluding hydrogens is 184 g/mol. The SMILES string of the molecule is CCCCN(CC)CC(CC)NCCC. The van der Waals surface area contributed by atoms with Gasteiger partial charge >= 0.3 is 0 Å². The Morgan fingerprint density at radius 1 is 1.07 bits per heavy atom. The van der Waals surface area contributed by atoms with Gasteiger partial charge in [-0.15, -0.1) is 0 Å². The zero-order valence-corrected chi connectivity index (χ0v) is 11.2. The van der Waals surface area contributed by atoms with Gasteiger partial charge in [-0.25, -0.2) is 0 Å². The fraction of sp³-hybridized carbons (Fsp3) is 1.00. The maximum atomic E-state index is 3.62. The Morgan fingerprint density at radius 3 is 2.27 bits per heavy atom. The Morgan fingerprint density at radius 2 is 1.80 bits per heavy atom. The number of hydrogen-bond acceptors (Lipinski definition) is 2. The Bertz CT molecular complexity index is 112. The van der Waals surface area contributed by atoms with Gasteiger partial charge in [-0.1, -0.05) is 34.1 Å². The maximum Gasteiger partial charge on any atom is 0.0192 e. The van der Waals surface area contributed by atoms with E-state index in [2.05, 4.69) is 37.9 Å². The summed E-state index contributed by atoms with van der Waals surface area (Å²) in [6.07, 6.45) is 5.11. The van der Waals surface area contributed by atoms with E-state index in [1.54, 1.807) is 0 Å². The molecule has 0 amide bonds. The van der Waals surface area contributed by atoms with Gasteiger partial charge in [0.15, 0.2) is 0 Å². The summed E-state index contributed by atoms with van der Waals surface area (Å²) in [5.41, 5.74) is 0. The molecule has 0 fully saturated rings. The van der Waals surface area contributed by atoms with Crippen molar-refractivity contribution in [2.45, 2.75) is 59.4 Å². The van der Waals surface area contributed by atoms with Gasteiger partial charge in [0.1, 0.15) is 0 Å². The highest BCUT2D eigenvalue weighted by Gasteiger charge is 2.09. The van der Waals surface area contributed by atoms with Crippen molar-refractivity contribution in [1.82, 2.24) is 10.2 Å². The minimum absolute atomic E-state index is 0.682. The van der Waals surface area contributed by atoms with Crippen molar-refractivity contribution in [3.05, 3.63) is 0 Å².